The topological polar surface area (TPSA) is 49.3 Å². The van der Waals surface area contributed by atoms with E-state index in [1.807, 2.05) is 6.92 Å². The fourth-order valence-corrected chi connectivity index (χ4v) is 1.66. The predicted octanol–water partition coefficient (Wildman–Crippen LogP) is 2.60. The number of aliphatic carboxylic acids is 1. The third kappa shape index (κ3) is 2.93. The molecule has 0 saturated carbocycles. The molecule has 1 aromatic rings. The van der Waals surface area contributed by atoms with Crippen LogP contribution in [0.4, 0.5) is 4.39 Å². The fourth-order valence-electron chi connectivity index (χ4n) is 1.39. The molecule has 0 radical (unpaired) electrons. The lowest BCUT2D eigenvalue weighted by molar-refractivity contribution is -0.139. The molecule has 5 heteroatoms. The molecule has 1 atom stereocenters. The van der Waals surface area contributed by atoms with E-state index in [-0.39, 0.29) is 10.6 Å². The van der Waals surface area contributed by atoms with Gasteiger partial charge in [-0.2, -0.15) is 0 Å². The van der Waals surface area contributed by atoms with Crippen molar-refractivity contribution < 1.29 is 14.3 Å². The van der Waals surface area contributed by atoms with Crippen LogP contribution in [0.2, 0.25) is 5.02 Å². The van der Waals surface area contributed by atoms with Crippen LogP contribution < -0.4 is 5.32 Å². The third-order valence-corrected chi connectivity index (χ3v) is 2.46. The number of nitrogens with one attached hydrogen (secondary N) is 1. The van der Waals surface area contributed by atoms with Crippen molar-refractivity contribution in [1.82, 2.24) is 5.32 Å². The van der Waals surface area contributed by atoms with E-state index in [9.17, 15) is 9.18 Å². The van der Waals surface area contributed by atoms with E-state index >= 15 is 0 Å². The van der Waals surface area contributed by atoms with Crippen molar-refractivity contribution in [3.05, 3.63) is 34.6 Å². The number of rotatable bonds is 5. The minimum Gasteiger partial charge on any atom is -0.480 e. The van der Waals surface area contributed by atoms with Crippen LogP contribution in [0.3, 0.4) is 0 Å². The lowest BCUT2D eigenvalue weighted by Crippen LogP contribution is -2.30. The molecule has 0 aliphatic carbocycles. The molecule has 1 unspecified atom stereocenters. The number of carboxylic acids is 1. The highest BCUT2D eigenvalue weighted by Crippen LogP contribution is 2.26. The molecule has 0 aliphatic rings. The maximum atomic E-state index is 13.5. The lowest BCUT2D eigenvalue weighted by atomic mass is 10.1. The highest BCUT2D eigenvalue weighted by Gasteiger charge is 2.24. The summed E-state index contributed by atoms with van der Waals surface area (Å²) in [4.78, 5) is 11.0. The van der Waals surface area contributed by atoms with E-state index in [4.69, 9.17) is 16.7 Å². The third-order valence-electron chi connectivity index (χ3n) is 2.13. The SMILES string of the molecule is CCCNC(C(=O)O)c1c(F)cccc1Cl. The zero-order valence-electron chi connectivity index (χ0n) is 8.84. The maximum absolute atomic E-state index is 13.5. The second-order valence-electron chi connectivity index (χ2n) is 3.36. The number of hydrogen-bond acceptors (Lipinski definition) is 2. The summed E-state index contributed by atoms with van der Waals surface area (Å²) in [6.07, 6.45) is 0.760. The molecule has 0 spiro atoms. The molecule has 0 bridgehead atoms. The van der Waals surface area contributed by atoms with Crippen molar-refractivity contribution in [2.75, 3.05) is 6.54 Å². The smallest absolute Gasteiger partial charge is 0.325 e. The monoisotopic (exact) mass is 245 g/mol. The number of halogens is 2. The number of carboxylic acid groups (broad SMARTS) is 1. The second-order valence-corrected chi connectivity index (χ2v) is 3.77. The van der Waals surface area contributed by atoms with Gasteiger partial charge in [-0.05, 0) is 25.1 Å². The molecule has 2 N–H and O–H groups in total. The van der Waals surface area contributed by atoms with Gasteiger partial charge in [-0.25, -0.2) is 4.39 Å². The highest BCUT2D eigenvalue weighted by atomic mass is 35.5. The first-order chi connectivity index (χ1) is 7.57. The minimum absolute atomic E-state index is 0.00915. The molecule has 0 fully saturated rings. The highest BCUT2D eigenvalue weighted by molar-refractivity contribution is 6.31. The Kier molecular flexibility index (Phi) is 4.71. The summed E-state index contributed by atoms with van der Waals surface area (Å²) >= 11 is 5.80. The summed E-state index contributed by atoms with van der Waals surface area (Å²) in [5.41, 5.74) is -0.00915. The van der Waals surface area contributed by atoms with Crippen LogP contribution in [-0.2, 0) is 4.79 Å². The predicted molar refractivity (Wildman–Crippen MR) is 60.1 cm³/mol. The van der Waals surface area contributed by atoms with Gasteiger partial charge < -0.3 is 10.4 Å². The van der Waals surface area contributed by atoms with Crippen LogP contribution in [-0.4, -0.2) is 17.6 Å². The second kappa shape index (κ2) is 5.82. The van der Waals surface area contributed by atoms with Crippen LogP contribution >= 0.6 is 11.6 Å². The van der Waals surface area contributed by atoms with Gasteiger partial charge in [-0.1, -0.05) is 24.6 Å². The van der Waals surface area contributed by atoms with Gasteiger partial charge in [0, 0.05) is 10.6 Å². The molecule has 0 aromatic heterocycles. The molecular formula is C11H13ClFNO2. The summed E-state index contributed by atoms with van der Waals surface area (Å²) in [7, 11) is 0. The largest absolute Gasteiger partial charge is 0.480 e. The van der Waals surface area contributed by atoms with E-state index in [0.717, 1.165) is 6.42 Å². The molecule has 0 aliphatic heterocycles. The Hall–Kier alpha value is -1.13. The Balaban J connectivity index is 3.05. The van der Waals surface area contributed by atoms with Crippen molar-refractivity contribution in [3.63, 3.8) is 0 Å². The number of hydrogen-bond donors (Lipinski definition) is 2. The standard InChI is InChI=1S/C11H13ClFNO2/c1-2-6-14-10(11(15)16)9-7(12)4-3-5-8(9)13/h3-5,10,14H,2,6H2,1H3,(H,15,16). The van der Waals surface area contributed by atoms with Crippen molar-refractivity contribution >= 4 is 17.6 Å². The van der Waals surface area contributed by atoms with Crippen LogP contribution in [0.25, 0.3) is 0 Å². The Morgan fingerprint density at radius 1 is 1.62 bits per heavy atom. The normalized spacial score (nSPS) is 12.4. The zero-order chi connectivity index (χ0) is 12.1. The number of benzene rings is 1. The minimum atomic E-state index is -1.14. The van der Waals surface area contributed by atoms with Gasteiger partial charge in [0.15, 0.2) is 0 Å². The van der Waals surface area contributed by atoms with Crippen molar-refractivity contribution in [2.24, 2.45) is 0 Å². The Morgan fingerprint density at radius 2 is 2.31 bits per heavy atom. The summed E-state index contributed by atoms with van der Waals surface area (Å²) in [5.74, 6) is -1.75. The first-order valence-corrected chi connectivity index (χ1v) is 5.35. The van der Waals surface area contributed by atoms with Gasteiger partial charge >= 0.3 is 5.97 Å². The first-order valence-electron chi connectivity index (χ1n) is 4.98. The fraction of sp³-hybridized carbons (Fsp3) is 0.364. The van der Waals surface area contributed by atoms with Gasteiger partial charge in [-0.15, -0.1) is 0 Å². The van der Waals surface area contributed by atoms with Crippen LogP contribution in [0, 0.1) is 5.82 Å². The maximum Gasteiger partial charge on any atom is 0.325 e. The van der Waals surface area contributed by atoms with Crippen molar-refractivity contribution in [1.29, 1.82) is 0 Å². The molecule has 1 aromatic carbocycles. The van der Waals surface area contributed by atoms with E-state index in [1.165, 1.54) is 18.2 Å². The first kappa shape index (κ1) is 12.9. The van der Waals surface area contributed by atoms with Crippen LogP contribution in [0.15, 0.2) is 18.2 Å². The summed E-state index contributed by atoms with van der Waals surface area (Å²) in [6.45, 7) is 2.39. The van der Waals surface area contributed by atoms with E-state index in [2.05, 4.69) is 5.32 Å². The average Bonchev–Trinajstić information content (AvgIpc) is 2.21. The van der Waals surface area contributed by atoms with Gasteiger partial charge in [-0.3, -0.25) is 4.79 Å². The molecule has 1 rings (SSSR count). The van der Waals surface area contributed by atoms with Crippen molar-refractivity contribution in [3.8, 4) is 0 Å². The van der Waals surface area contributed by atoms with E-state index < -0.39 is 17.8 Å². The Labute approximate surface area is 98.2 Å². The molecular weight excluding hydrogens is 233 g/mol. The number of carbonyl (C=O) groups is 1. The van der Waals surface area contributed by atoms with Gasteiger partial charge in [0.05, 0.1) is 0 Å². The lowest BCUT2D eigenvalue weighted by Gasteiger charge is -2.16. The molecule has 88 valence electrons. The summed E-state index contributed by atoms with van der Waals surface area (Å²) < 4.78 is 13.5. The Morgan fingerprint density at radius 3 is 2.81 bits per heavy atom. The van der Waals surface area contributed by atoms with Gasteiger partial charge in [0.1, 0.15) is 11.9 Å². The summed E-state index contributed by atoms with van der Waals surface area (Å²) in [6, 6.07) is 3.02. The Bertz CT molecular complexity index is 364. The summed E-state index contributed by atoms with van der Waals surface area (Å²) in [5, 5.41) is 11.9. The van der Waals surface area contributed by atoms with E-state index in [0.29, 0.717) is 6.54 Å². The molecule has 3 nitrogen and oxygen atoms in total. The van der Waals surface area contributed by atoms with Gasteiger partial charge in [0.2, 0.25) is 0 Å². The quantitative estimate of drug-likeness (QED) is 0.838. The van der Waals surface area contributed by atoms with Crippen LogP contribution in [0.5, 0.6) is 0 Å². The molecule has 16 heavy (non-hydrogen) atoms. The molecule has 0 heterocycles. The zero-order valence-corrected chi connectivity index (χ0v) is 9.59. The molecule has 0 saturated heterocycles. The average molecular weight is 246 g/mol. The molecule has 0 amide bonds. The van der Waals surface area contributed by atoms with Crippen molar-refractivity contribution in [2.45, 2.75) is 19.4 Å². The van der Waals surface area contributed by atoms with Gasteiger partial charge in [0.25, 0.3) is 0 Å². The van der Waals surface area contributed by atoms with Crippen LogP contribution in [0.1, 0.15) is 24.9 Å². The van der Waals surface area contributed by atoms with E-state index in [1.54, 1.807) is 0 Å².